The number of amides is 1. The minimum atomic E-state index is -0.912. The highest BCUT2D eigenvalue weighted by Gasteiger charge is 2.24. The number of hydrogen-bond acceptors (Lipinski definition) is 6. The molecule has 1 aliphatic rings. The van der Waals surface area contributed by atoms with E-state index in [0.29, 0.717) is 29.8 Å². The molecule has 134 valence electrons. The molecule has 0 aromatic carbocycles. The maximum absolute atomic E-state index is 11.2. The van der Waals surface area contributed by atoms with Gasteiger partial charge in [0.15, 0.2) is 5.82 Å². The molecular formula is C16H16ClN7O2. The zero-order valence-electron chi connectivity index (χ0n) is 13.7. The first-order chi connectivity index (χ1) is 12.6. The standard InChI is InChI=1S/C16H16ClN7O2/c17-12-7-19-14(11-6-20-24-5-3-18-8-13(11)24)22-15(12)21-10-2-1-4-23(9-10)16(25)26/h3,5-8,10H,1-2,4,9H2,(H,25,26)(H,19,21,22)/t10-/m1/s1. The van der Waals surface area contributed by atoms with E-state index < -0.39 is 6.09 Å². The molecule has 0 spiro atoms. The third-order valence-corrected chi connectivity index (χ3v) is 4.62. The normalized spacial score (nSPS) is 17.4. The fourth-order valence-electron chi connectivity index (χ4n) is 3.07. The fourth-order valence-corrected chi connectivity index (χ4v) is 3.21. The Labute approximate surface area is 153 Å². The van der Waals surface area contributed by atoms with Crippen LogP contribution in [0.4, 0.5) is 10.6 Å². The van der Waals surface area contributed by atoms with Crippen LogP contribution in [0.2, 0.25) is 5.02 Å². The lowest BCUT2D eigenvalue weighted by Gasteiger charge is -2.31. The number of nitrogens with zero attached hydrogens (tertiary/aromatic N) is 6. The summed E-state index contributed by atoms with van der Waals surface area (Å²) in [5.41, 5.74) is 1.53. The number of rotatable bonds is 3. The van der Waals surface area contributed by atoms with E-state index in [1.807, 2.05) is 0 Å². The smallest absolute Gasteiger partial charge is 0.407 e. The third-order valence-electron chi connectivity index (χ3n) is 4.34. The van der Waals surface area contributed by atoms with E-state index in [1.54, 1.807) is 29.3 Å². The van der Waals surface area contributed by atoms with Gasteiger partial charge in [-0.25, -0.2) is 19.3 Å². The highest BCUT2D eigenvalue weighted by molar-refractivity contribution is 6.32. The molecule has 1 atom stereocenters. The SMILES string of the molecule is O=C(O)N1CCC[C@@H](Nc2nc(-c3cnn4ccncc34)ncc2Cl)C1. The van der Waals surface area contributed by atoms with Gasteiger partial charge >= 0.3 is 6.09 Å². The van der Waals surface area contributed by atoms with Gasteiger partial charge < -0.3 is 15.3 Å². The number of likely N-dealkylation sites (tertiary alicyclic amines) is 1. The van der Waals surface area contributed by atoms with Gasteiger partial charge in [0.25, 0.3) is 0 Å². The third kappa shape index (κ3) is 3.13. The minimum absolute atomic E-state index is 0.0503. The number of carboxylic acid groups (broad SMARTS) is 1. The Morgan fingerprint density at radius 2 is 2.23 bits per heavy atom. The van der Waals surface area contributed by atoms with Gasteiger partial charge in [0.2, 0.25) is 0 Å². The van der Waals surface area contributed by atoms with Gasteiger partial charge in [-0.1, -0.05) is 11.6 Å². The lowest BCUT2D eigenvalue weighted by Crippen LogP contribution is -2.44. The molecule has 1 amide bonds. The first-order valence-electron chi connectivity index (χ1n) is 8.16. The second-order valence-electron chi connectivity index (χ2n) is 6.07. The van der Waals surface area contributed by atoms with Crippen LogP contribution in [0.5, 0.6) is 0 Å². The second kappa shape index (κ2) is 6.75. The van der Waals surface area contributed by atoms with Gasteiger partial charge in [-0.2, -0.15) is 5.10 Å². The molecule has 0 saturated carbocycles. The molecular weight excluding hydrogens is 358 g/mol. The Hall–Kier alpha value is -2.94. The van der Waals surface area contributed by atoms with Crippen LogP contribution in [0.15, 0.2) is 31.0 Å². The zero-order valence-corrected chi connectivity index (χ0v) is 14.5. The van der Waals surface area contributed by atoms with E-state index in [-0.39, 0.29) is 6.04 Å². The van der Waals surface area contributed by atoms with Crippen LogP contribution in [-0.4, -0.2) is 59.8 Å². The van der Waals surface area contributed by atoms with E-state index in [0.717, 1.165) is 23.9 Å². The van der Waals surface area contributed by atoms with Crippen molar-refractivity contribution in [2.75, 3.05) is 18.4 Å². The largest absolute Gasteiger partial charge is 0.465 e. The van der Waals surface area contributed by atoms with Crippen molar-refractivity contribution in [3.8, 4) is 11.4 Å². The van der Waals surface area contributed by atoms with Crippen molar-refractivity contribution in [3.63, 3.8) is 0 Å². The molecule has 3 aromatic heterocycles. The quantitative estimate of drug-likeness (QED) is 0.725. The number of halogens is 1. The molecule has 1 fully saturated rings. The molecule has 4 heterocycles. The number of hydrogen-bond donors (Lipinski definition) is 2. The summed E-state index contributed by atoms with van der Waals surface area (Å²) in [5.74, 6) is 0.961. The molecule has 0 unspecified atom stereocenters. The molecule has 1 saturated heterocycles. The maximum atomic E-state index is 11.2. The molecule has 0 bridgehead atoms. The number of anilines is 1. The molecule has 0 aliphatic carbocycles. The fraction of sp³-hybridized carbons (Fsp3) is 0.312. The Morgan fingerprint density at radius 1 is 1.35 bits per heavy atom. The number of aromatic nitrogens is 5. The van der Waals surface area contributed by atoms with Crippen LogP contribution in [-0.2, 0) is 0 Å². The lowest BCUT2D eigenvalue weighted by atomic mass is 10.1. The summed E-state index contributed by atoms with van der Waals surface area (Å²) in [6.45, 7) is 0.942. The first kappa shape index (κ1) is 16.5. The molecule has 10 heteroatoms. The van der Waals surface area contributed by atoms with Crippen molar-refractivity contribution in [1.82, 2.24) is 29.5 Å². The summed E-state index contributed by atoms with van der Waals surface area (Å²) >= 11 is 6.24. The summed E-state index contributed by atoms with van der Waals surface area (Å²) in [7, 11) is 0. The van der Waals surface area contributed by atoms with Crippen molar-refractivity contribution in [1.29, 1.82) is 0 Å². The van der Waals surface area contributed by atoms with Crippen molar-refractivity contribution in [3.05, 3.63) is 36.0 Å². The summed E-state index contributed by atoms with van der Waals surface area (Å²) in [5, 5.41) is 17.1. The summed E-state index contributed by atoms with van der Waals surface area (Å²) in [6.07, 6.45) is 9.02. The molecule has 0 radical (unpaired) electrons. The van der Waals surface area contributed by atoms with Crippen molar-refractivity contribution < 1.29 is 9.90 Å². The monoisotopic (exact) mass is 373 g/mol. The average Bonchev–Trinajstić information content (AvgIpc) is 3.08. The van der Waals surface area contributed by atoms with Crippen LogP contribution in [0.3, 0.4) is 0 Å². The van der Waals surface area contributed by atoms with Gasteiger partial charge in [-0.3, -0.25) is 4.98 Å². The first-order valence-corrected chi connectivity index (χ1v) is 8.54. The van der Waals surface area contributed by atoms with Gasteiger partial charge in [0, 0.05) is 31.5 Å². The van der Waals surface area contributed by atoms with Gasteiger partial charge in [-0.15, -0.1) is 0 Å². The summed E-state index contributed by atoms with van der Waals surface area (Å²) in [6, 6.07) is -0.0503. The summed E-state index contributed by atoms with van der Waals surface area (Å²) < 4.78 is 1.69. The maximum Gasteiger partial charge on any atom is 0.407 e. The van der Waals surface area contributed by atoms with Crippen LogP contribution in [0.1, 0.15) is 12.8 Å². The Bertz CT molecular complexity index is 961. The average molecular weight is 374 g/mol. The second-order valence-corrected chi connectivity index (χ2v) is 6.47. The van der Waals surface area contributed by atoms with Crippen molar-refractivity contribution in [2.45, 2.75) is 18.9 Å². The number of nitrogens with one attached hydrogen (secondary N) is 1. The van der Waals surface area contributed by atoms with E-state index in [2.05, 4.69) is 25.4 Å². The highest BCUT2D eigenvalue weighted by atomic mass is 35.5. The van der Waals surface area contributed by atoms with Crippen molar-refractivity contribution in [2.24, 2.45) is 0 Å². The molecule has 26 heavy (non-hydrogen) atoms. The van der Waals surface area contributed by atoms with E-state index >= 15 is 0 Å². The van der Waals surface area contributed by atoms with E-state index in [4.69, 9.17) is 11.6 Å². The van der Waals surface area contributed by atoms with Crippen LogP contribution < -0.4 is 5.32 Å². The molecule has 2 N–H and O–H groups in total. The topological polar surface area (TPSA) is 109 Å². The molecule has 9 nitrogen and oxygen atoms in total. The van der Waals surface area contributed by atoms with Gasteiger partial charge in [0.05, 0.1) is 29.7 Å². The van der Waals surface area contributed by atoms with E-state index in [1.165, 1.54) is 11.1 Å². The number of piperidine rings is 1. The lowest BCUT2D eigenvalue weighted by molar-refractivity contribution is 0.133. The van der Waals surface area contributed by atoms with E-state index in [9.17, 15) is 9.90 Å². The summed E-state index contributed by atoms with van der Waals surface area (Å²) in [4.78, 5) is 25.5. The van der Waals surface area contributed by atoms with Crippen LogP contribution in [0.25, 0.3) is 16.9 Å². The Balaban J connectivity index is 1.61. The Kier molecular flexibility index (Phi) is 4.29. The zero-order chi connectivity index (χ0) is 18.1. The predicted molar refractivity (Wildman–Crippen MR) is 95.3 cm³/mol. The predicted octanol–water partition coefficient (Wildman–Crippen LogP) is 2.39. The van der Waals surface area contributed by atoms with Gasteiger partial charge in [-0.05, 0) is 12.8 Å². The van der Waals surface area contributed by atoms with Crippen LogP contribution >= 0.6 is 11.6 Å². The van der Waals surface area contributed by atoms with Crippen molar-refractivity contribution >= 4 is 29.0 Å². The molecule has 3 aromatic rings. The minimum Gasteiger partial charge on any atom is -0.465 e. The highest BCUT2D eigenvalue weighted by Crippen LogP contribution is 2.26. The molecule has 1 aliphatic heterocycles. The Morgan fingerprint density at radius 3 is 3.08 bits per heavy atom. The van der Waals surface area contributed by atoms with Crippen LogP contribution in [0, 0.1) is 0 Å². The number of fused-ring (bicyclic) bond motifs is 1. The molecule has 4 rings (SSSR count). The number of carbonyl (C=O) groups is 1. The van der Waals surface area contributed by atoms with Gasteiger partial charge in [0.1, 0.15) is 10.8 Å².